The Morgan fingerprint density at radius 3 is 2.67 bits per heavy atom. The molecule has 0 aliphatic heterocycles. The van der Waals surface area contributed by atoms with Gasteiger partial charge in [-0.15, -0.1) is 22.7 Å². The van der Waals surface area contributed by atoms with Crippen molar-refractivity contribution in [3.63, 3.8) is 0 Å². The lowest BCUT2D eigenvalue weighted by atomic mass is 9.89. The monoisotopic (exact) mass is 435 g/mol. The number of amides is 1. The fraction of sp³-hybridized carbons (Fsp3) is 0.261. The zero-order valence-electron chi connectivity index (χ0n) is 16.5. The average molecular weight is 436 g/mol. The van der Waals surface area contributed by atoms with Gasteiger partial charge in [0.1, 0.15) is 5.69 Å². The van der Waals surface area contributed by atoms with Crippen molar-refractivity contribution in [1.82, 2.24) is 15.3 Å². The summed E-state index contributed by atoms with van der Waals surface area (Å²) in [6, 6.07) is 12.1. The highest BCUT2D eigenvalue weighted by Gasteiger charge is 2.30. The van der Waals surface area contributed by atoms with Crippen molar-refractivity contribution >= 4 is 38.8 Å². The van der Waals surface area contributed by atoms with E-state index < -0.39 is 6.10 Å². The van der Waals surface area contributed by atoms with Crippen LogP contribution < -0.4 is 5.32 Å². The van der Waals surface area contributed by atoms with Gasteiger partial charge in [-0.3, -0.25) is 4.79 Å². The Kier molecular flexibility index (Phi) is 5.10. The molecule has 3 heterocycles. The predicted octanol–water partition coefficient (Wildman–Crippen LogP) is 4.57. The molecule has 30 heavy (non-hydrogen) atoms. The van der Waals surface area contributed by atoms with Crippen molar-refractivity contribution in [3.05, 3.63) is 69.0 Å². The first-order valence-corrected chi connectivity index (χ1v) is 11.7. The number of carbonyl (C=O) groups is 1. The van der Waals surface area contributed by atoms with Crippen LogP contribution in [-0.2, 0) is 6.42 Å². The van der Waals surface area contributed by atoms with Crippen LogP contribution in [0.3, 0.4) is 0 Å². The summed E-state index contributed by atoms with van der Waals surface area (Å²) < 4.78 is 1.11. The number of rotatable bonds is 5. The van der Waals surface area contributed by atoms with Gasteiger partial charge in [0.25, 0.3) is 5.91 Å². The Labute approximate surface area is 182 Å². The molecule has 4 aromatic rings. The number of aliphatic hydroxyl groups is 1. The molecular formula is C23H21N3O2S2. The first kappa shape index (κ1) is 19.4. The van der Waals surface area contributed by atoms with Crippen LogP contribution in [0.15, 0.2) is 47.2 Å². The Morgan fingerprint density at radius 2 is 2.00 bits per heavy atom. The van der Waals surface area contributed by atoms with Gasteiger partial charge < -0.3 is 10.4 Å². The first-order valence-electron chi connectivity index (χ1n) is 9.94. The summed E-state index contributed by atoms with van der Waals surface area (Å²) in [6.45, 7) is 2.01. The minimum absolute atomic E-state index is 0.164. The fourth-order valence-corrected chi connectivity index (χ4v) is 5.15. The Hall–Kier alpha value is -2.61. The van der Waals surface area contributed by atoms with Gasteiger partial charge >= 0.3 is 0 Å². The van der Waals surface area contributed by atoms with Gasteiger partial charge in [-0.05, 0) is 54.8 Å². The van der Waals surface area contributed by atoms with Gasteiger partial charge in [-0.1, -0.05) is 24.3 Å². The van der Waals surface area contributed by atoms with Crippen molar-refractivity contribution in [2.75, 3.05) is 0 Å². The molecule has 5 rings (SSSR count). The van der Waals surface area contributed by atoms with Gasteiger partial charge in [-0.2, -0.15) is 0 Å². The number of aliphatic hydroxyl groups excluding tert-OH is 1. The van der Waals surface area contributed by atoms with Crippen LogP contribution in [0.2, 0.25) is 0 Å². The number of hydrogen-bond acceptors (Lipinski definition) is 6. The number of nitrogens with one attached hydrogen (secondary N) is 1. The molecule has 7 heteroatoms. The lowest BCUT2D eigenvalue weighted by molar-refractivity contribution is 0.0446. The normalized spacial score (nSPS) is 18.3. The second-order valence-electron chi connectivity index (χ2n) is 7.65. The van der Waals surface area contributed by atoms with E-state index >= 15 is 0 Å². The van der Waals surface area contributed by atoms with E-state index in [-0.39, 0.29) is 11.9 Å². The molecule has 2 atom stereocenters. The van der Waals surface area contributed by atoms with Crippen molar-refractivity contribution < 1.29 is 9.90 Å². The van der Waals surface area contributed by atoms with Gasteiger partial charge in [0.05, 0.1) is 33.1 Å². The van der Waals surface area contributed by atoms with E-state index in [9.17, 15) is 9.90 Å². The molecule has 0 spiro atoms. The number of aromatic nitrogens is 2. The number of aryl methyl sites for hydroxylation is 1. The topological polar surface area (TPSA) is 75.1 Å². The van der Waals surface area contributed by atoms with E-state index in [0.29, 0.717) is 5.69 Å². The van der Waals surface area contributed by atoms with E-state index in [1.807, 2.05) is 24.4 Å². The quantitative estimate of drug-likeness (QED) is 0.481. The smallest absolute Gasteiger partial charge is 0.270 e. The van der Waals surface area contributed by atoms with Crippen molar-refractivity contribution in [3.8, 4) is 11.3 Å². The third-order valence-electron chi connectivity index (χ3n) is 5.54. The SMILES string of the molecule is Cc1nc(-c2ccc(Cc3cc(C(=O)N[C@@H]4CC[C@H]4O)nc4ccsc34)cc2)cs1. The molecule has 0 unspecified atom stereocenters. The van der Waals surface area contributed by atoms with Crippen molar-refractivity contribution in [2.45, 2.75) is 38.3 Å². The number of benzene rings is 1. The highest BCUT2D eigenvalue weighted by molar-refractivity contribution is 7.17. The number of thiazole rings is 1. The zero-order valence-corrected chi connectivity index (χ0v) is 18.1. The van der Waals surface area contributed by atoms with Gasteiger partial charge in [-0.25, -0.2) is 9.97 Å². The van der Waals surface area contributed by atoms with E-state index in [4.69, 9.17) is 0 Å². The summed E-state index contributed by atoms with van der Waals surface area (Å²) in [5.74, 6) is -0.220. The molecule has 1 aliphatic rings. The molecule has 0 saturated heterocycles. The fourth-order valence-electron chi connectivity index (χ4n) is 3.67. The van der Waals surface area contributed by atoms with E-state index in [1.165, 1.54) is 5.56 Å². The standard InChI is InChI=1S/C23H21N3O2S2/c1-13-24-20(12-30-13)15-4-2-14(3-5-15)10-16-11-19(25-18-8-9-29-22(16)18)23(28)26-17-6-7-21(17)27/h2-5,8-9,11-12,17,21,27H,6-7,10H2,1H3,(H,26,28)/t17-,21-/m1/s1. The summed E-state index contributed by atoms with van der Waals surface area (Å²) in [5, 5.41) is 17.8. The highest BCUT2D eigenvalue weighted by Crippen LogP contribution is 2.28. The molecular weight excluding hydrogens is 414 g/mol. The van der Waals surface area contributed by atoms with Crippen LogP contribution >= 0.6 is 22.7 Å². The molecule has 3 aromatic heterocycles. The number of thiophene rings is 1. The minimum Gasteiger partial charge on any atom is -0.391 e. The summed E-state index contributed by atoms with van der Waals surface area (Å²) >= 11 is 3.30. The predicted molar refractivity (Wildman–Crippen MR) is 121 cm³/mol. The maximum atomic E-state index is 12.7. The summed E-state index contributed by atoms with van der Waals surface area (Å²) in [4.78, 5) is 21.8. The number of hydrogen-bond donors (Lipinski definition) is 2. The molecule has 0 bridgehead atoms. The largest absolute Gasteiger partial charge is 0.391 e. The molecule has 1 aromatic carbocycles. The number of carbonyl (C=O) groups excluding carboxylic acids is 1. The first-order chi connectivity index (χ1) is 14.6. The highest BCUT2D eigenvalue weighted by atomic mass is 32.1. The maximum absolute atomic E-state index is 12.7. The van der Waals surface area contributed by atoms with E-state index in [0.717, 1.165) is 51.3 Å². The van der Waals surface area contributed by atoms with Gasteiger partial charge in [0.15, 0.2) is 0 Å². The second kappa shape index (κ2) is 7.91. The van der Waals surface area contributed by atoms with Crippen LogP contribution in [0, 0.1) is 6.92 Å². The third kappa shape index (κ3) is 3.76. The van der Waals surface area contributed by atoms with Gasteiger partial charge in [0, 0.05) is 10.9 Å². The van der Waals surface area contributed by atoms with Crippen LogP contribution in [0.1, 0.15) is 39.5 Å². The zero-order chi connectivity index (χ0) is 20.7. The van der Waals surface area contributed by atoms with E-state index in [1.54, 1.807) is 22.7 Å². The molecule has 0 radical (unpaired) electrons. The van der Waals surface area contributed by atoms with Gasteiger partial charge in [0.2, 0.25) is 0 Å². The lowest BCUT2D eigenvalue weighted by Crippen LogP contribution is -2.50. The lowest BCUT2D eigenvalue weighted by Gasteiger charge is -2.32. The number of fused-ring (bicyclic) bond motifs is 1. The molecule has 1 fully saturated rings. The van der Waals surface area contributed by atoms with Crippen LogP contribution in [-0.4, -0.2) is 33.1 Å². The number of nitrogens with zero attached hydrogens (tertiary/aromatic N) is 2. The van der Waals surface area contributed by atoms with Crippen LogP contribution in [0.5, 0.6) is 0 Å². The summed E-state index contributed by atoms with van der Waals surface area (Å²) in [7, 11) is 0. The molecule has 1 saturated carbocycles. The van der Waals surface area contributed by atoms with E-state index in [2.05, 4.69) is 44.9 Å². The van der Waals surface area contributed by atoms with Crippen molar-refractivity contribution in [1.29, 1.82) is 0 Å². The maximum Gasteiger partial charge on any atom is 0.270 e. The van der Waals surface area contributed by atoms with Crippen molar-refractivity contribution in [2.24, 2.45) is 0 Å². The minimum atomic E-state index is -0.446. The molecule has 5 nitrogen and oxygen atoms in total. The summed E-state index contributed by atoms with van der Waals surface area (Å²) in [5.41, 5.74) is 5.62. The Bertz CT molecular complexity index is 1210. The second-order valence-corrected chi connectivity index (χ2v) is 9.63. The molecule has 152 valence electrons. The number of pyridine rings is 1. The Balaban J connectivity index is 1.40. The molecule has 2 N–H and O–H groups in total. The molecule has 1 aliphatic carbocycles. The molecule has 1 amide bonds. The summed E-state index contributed by atoms with van der Waals surface area (Å²) in [6.07, 6.45) is 1.83. The van der Waals surface area contributed by atoms with Crippen LogP contribution in [0.25, 0.3) is 21.5 Å². The van der Waals surface area contributed by atoms with Crippen LogP contribution in [0.4, 0.5) is 0 Å². The Morgan fingerprint density at radius 1 is 1.17 bits per heavy atom. The third-order valence-corrected chi connectivity index (χ3v) is 7.29. The average Bonchev–Trinajstić information content (AvgIpc) is 3.40.